The topological polar surface area (TPSA) is 20.2 Å². The molecule has 0 saturated carbocycles. The Morgan fingerprint density at radius 1 is 1.19 bits per heavy atom. The van der Waals surface area contributed by atoms with Gasteiger partial charge in [0, 0.05) is 10.6 Å². The normalized spacial score (nSPS) is 13.8. The van der Waals surface area contributed by atoms with Crippen molar-refractivity contribution >= 4 is 11.8 Å². The molecule has 1 unspecified atom stereocenters. The molecule has 0 spiro atoms. The molecule has 2 heteroatoms. The third kappa shape index (κ3) is 4.58. The predicted molar refractivity (Wildman–Crippen MR) is 72.0 cm³/mol. The zero-order chi connectivity index (χ0) is 12.2. The van der Waals surface area contributed by atoms with E-state index in [1.807, 2.05) is 11.8 Å². The highest BCUT2D eigenvalue weighted by Gasteiger charge is 2.21. The van der Waals surface area contributed by atoms with Gasteiger partial charge >= 0.3 is 0 Å². The third-order valence-electron chi connectivity index (χ3n) is 2.68. The van der Waals surface area contributed by atoms with Crippen LogP contribution in [-0.4, -0.2) is 17.0 Å². The minimum atomic E-state index is -0.217. The average Bonchev–Trinajstić information content (AvgIpc) is 2.19. The fourth-order valence-electron chi connectivity index (χ4n) is 1.36. The Bertz CT molecular complexity index is 311. The summed E-state index contributed by atoms with van der Waals surface area (Å²) in [6.07, 6.45) is 0.632. The van der Waals surface area contributed by atoms with Crippen LogP contribution in [0.5, 0.6) is 0 Å². The van der Waals surface area contributed by atoms with Gasteiger partial charge in [-0.05, 0) is 30.9 Å². The molecule has 0 radical (unpaired) electrons. The van der Waals surface area contributed by atoms with E-state index in [1.54, 1.807) is 0 Å². The van der Waals surface area contributed by atoms with Crippen molar-refractivity contribution < 1.29 is 5.11 Å². The summed E-state index contributed by atoms with van der Waals surface area (Å²) >= 11 is 1.81. The van der Waals surface area contributed by atoms with E-state index in [0.29, 0.717) is 0 Å². The summed E-state index contributed by atoms with van der Waals surface area (Å²) in [7, 11) is 0. The van der Waals surface area contributed by atoms with E-state index in [9.17, 15) is 5.11 Å². The molecule has 1 rings (SSSR count). The standard InChI is InChI=1S/C14H22OS/c1-11-5-7-12(8-6-11)16-10-9-13(15)14(2,3)4/h5-8,13,15H,9-10H2,1-4H3. The van der Waals surface area contributed by atoms with Crippen LogP contribution in [0.1, 0.15) is 32.8 Å². The van der Waals surface area contributed by atoms with Gasteiger partial charge in [0.1, 0.15) is 0 Å². The van der Waals surface area contributed by atoms with Crippen LogP contribution in [0.4, 0.5) is 0 Å². The van der Waals surface area contributed by atoms with E-state index in [-0.39, 0.29) is 11.5 Å². The van der Waals surface area contributed by atoms with Gasteiger partial charge < -0.3 is 5.11 Å². The number of rotatable bonds is 4. The summed E-state index contributed by atoms with van der Waals surface area (Å²) < 4.78 is 0. The summed E-state index contributed by atoms with van der Waals surface area (Å²) in [5, 5.41) is 9.89. The van der Waals surface area contributed by atoms with Gasteiger partial charge in [0.2, 0.25) is 0 Å². The van der Waals surface area contributed by atoms with E-state index < -0.39 is 0 Å². The fourth-order valence-corrected chi connectivity index (χ4v) is 2.26. The van der Waals surface area contributed by atoms with Crippen molar-refractivity contribution in [2.75, 3.05) is 5.75 Å². The van der Waals surface area contributed by atoms with Crippen LogP contribution in [0.15, 0.2) is 29.2 Å². The summed E-state index contributed by atoms with van der Waals surface area (Å²) in [6, 6.07) is 8.54. The molecule has 1 aromatic carbocycles. The zero-order valence-corrected chi connectivity index (χ0v) is 11.5. The van der Waals surface area contributed by atoms with E-state index in [4.69, 9.17) is 0 Å². The van der Waals surface area contributed by atoms with E-state index >= 15 is 0 Å². The lowest BCUT2D eigenvalue weighted by atomic mass is 9.88. The van der Waals surface area contributed by atoms with Gasteiger partial charge in [0.05, 0.1) is 6.10 Å². The molecule has 0 heterocycles. The Balaban J connectivity index is 2.33. The highest BCUT2D eigenvalue weighted by molar-refractivity contribution is 7.99. The maximum Gasteiger partial charge on any atom is 0.0596 e. The van der Waals surface area contributed by atoms with Crippen LogP contribution in [0.2, 0.25) is 0 Å². The fraction of sp³-hybridized carbons (Fsp3) is 0.571. The van der Waals surface area contributed by atoms with Crippen molar-refractivity contribution in [3.8, 4) is 0 Å². The Hall–Kier alpha value is -0.470. The first-order chi connectivity index (χ1) is 7.39. The molecule has 0 aromatic heterocycles. The molecule has 90 valence electrons. The Labute approximate surface area is 103 Å². The van der Waals surface area contributed by atoms with Crippen LogP contribution in [0, 0.1) is 12.3 Å². The van der Waals surface area contributed by atoms with Crippen molar-refractivity contribution in [3.05, 3.63) is 29.8 Å². The summed E-state index contributed by atoms with van der Waals surface area (Å²) in [5.41, 5.74) is 1.28. The second-order valence-corrected chi connectivity index (χ2v) is 6.50. The number of aryl methyl sites for hydroxylation is 1. The van der Waals surface area contributed by atoms with E-state index in [0.717, 1.165) is 12.2 Å². The van der Waals surface area contributed by atoms with Crippen molar-refractivity contribution in [1.29, 1.82) is 0 Å². The van der Waals surface area contributed by atoms with Gasteiger partial charge in [-0.15, -0.1) is 11.8 Å². The van der Waals surface area contributed by atoms with Gasteiger partial charge in [0.15, 0.2) is 0 Å². The molecule has 0 bridgehead atoms. The van der Waals surface area contributed by atoms with Crippen LogP contribution < -0.4 is 0 Å². The van der Waals surface area contributed by atoms with Crippen LogP contribution >= 0.6 is 11.8 Å². The molecule has 0 amide bonds. The smallest absolute Gasteiger partial charge is 0.0596 e. The molecule has 1 aromatic rings. The number of aliphatic hydroxyl groups is 1. The van der Waals surface area contributed by atoms with Crippen molar-refractivity contribution in [2.24, 2.45) is 5.41 Å². The summed E-state index contributed by atoms with van der Waals surface area (Å²) in [4.78, 5) is 1.28. The molecule has 1 N–H and O–H groups in total. The lowest BCUT2D eigenvalue weighted by Gasteiger charge is -2.25. The molecule has 16 heavy (non-hydrogen) atoms. The Morgan fingerprint density at radius 3 is 2.25 bits per heavy atom. The molecule has 0 fully saturated rings. The number of benzene rings is 1. The van der Waals surface area contributed by atoms with Crippen molar-refractivity contribution in [2.45, 2.75) is 45.1 Å². The van der Waals surface area contributed by atoms with Crippen molar-refractivity contribution in [3.63, 3.8) is 0 Å². The highest BCUT2D eigenvalue weighted by atomic mass is 32.2. The zero-order valence-electron chi connectivity index (χ0n) is 10.7. The molecule has 0 aliphatic heterocycles. The molecule has 0 saturated heterocycles. The minimum Gasteiger partial charge on any atom is -0.393 e. The number of hydrogen-bond acceptors (Lipinski definition) is 2. The molecular weight excluding hydrogens is 216 g/mol. The second kappa shape index (κ2) is 5.74. The molecule has 1 nitrogen and oxygen atoms in total. The summed E-state index contributed by atoms with van der Waals surface area (Å²) in [6.45, 7) is 8.33. The monoisotopic (exact) mass is 238 g/mol. The van der Waals surface area contributed by atoms with Crippen LogP contribution in [-0.2, 0) is 0 Å². The van der Waals surface area contributed by atoms with Crippen LogP contribution in [0.25, 0.3) is 0 Å². The average molecular weight is 238 g/mol. The van der Waals surface area contributed by atoms with Crippen molar-refractivity contribution in [1.82, 2.24) is 0 Å². The lowest BCUT2D eigenvalue weighted by Crippen LogP contribution is -2.26. The maximum atomic E-state index is 9.89. The molecule has 0 aliphatic rings. The first-order valence-corrected chi connectivity index (χ1v) is 6.75. The molecule has 1 atom stereocenters. The van der Waals surface area contributed by atoms with Gasteiger partial charge in [-0.3, -0.25) is 0 Å². The van der Waals surface area contributed by atoms with Crippen LogP contribution in [0.3, 0.4) is 0 Å². The van der Waals surface area contributed by atoms with Gasteiger partial charge in [0.25, 0.3) is 0 Å². The summed E-state index contributed by atoms with van der Waals surface area (Å²) in [5.74, 6) is 0.974. The number of aliphatic hydroxyl groups excluding tert-OH is 1. The molecular formula is C14H22OS. The Morgan fingerprint density at radius 2 is 1.75 bits per heavy atom. The van der Waals surface area contributed by atoms with E-state index in [2.05, 4.69) is 52.0 Å². The second-order valence-electron chi connectivity index (χ2n) is 5.33. The maximum absolute atomic E-state index is 9.89. The van der Waals surface area contributed by atoms with Gasteiger partial charge in [-0.2, -0.15) is 0 Å². The first kappa shape index (κ1) is 13.6. The Kier molecular flexibility index (Phi) is 4.88. The lowest BCUT2D eigenvalue weighted by molar-refractivity contribution is 0.0610. The SMILES string of the molecule is Cc1ccc(SCCC(O)C(C)(C)C)cc1. The van der Waals surface area contributed by atoms with Gasteiger partial charge in [-0.1, -0.05) is 38.5 Å². The predicted octanol–water partition coefficient (Wildman–Crippen LogP) is 3.88. The first-order valence-electron chi connectivity index (χ1n) is 5.77. The number of thioether (sulfide) groups is 1. The number of hydrogen-bond donors (Lipinski definition) is 1. The minimum absolute atomic E-state index is 0.00612. The quantitative estimate of drug-likeness (QED) is 0.803. The van der Waals surface area contributed by atoms with Gasteiger partial charge in [-0.25, -0.2) is 0 Å². The molecule has 0 aliphatic carbocycles. The largest absolute Gasteiger partial charge is 0.393 e. The third-order valence-corrected chi connectivity index (χ3v) is 3.73. The van der Waals surface area contributed by atoms with E-state index in [1.165, 1.54) is 10.5 Å². The highest BCUT2D eigenvalue weighted by Crippen LogP contribution is 2.25.